The number of fused-ring (bicyclic) bond motifs is 1. The first-order valence-electron chi connectivity index (χ1n) is 9.71. The summed E-state index contributed by atoms with van der Waals surface area (Å²) in [6, 6.07) is 8.14. The number of carboxylic acid groups (broad SMARTS) is 1. The molecule has 1 aromatic heterocycles. The lowest BCUT2D eigenvalue weighted by Crippen LogP contribution is -2.48. The lowest BCUT2D eigenvalue weighted by atomic mass is 10.0. The highest BCUT2D eigenvalue weighted by Crippen LogP contribution is 2.19. The summed E-state index contributed by atoms with van der Waals surface area (Å²) in [6.07, 6.45) is 2.42. The zero-order valence-corrected chi connectivity index (χ0v) is 16.1. The minimum atomic E-state index is -0.797. The van der Waals surface area contributed by atoms with E-state index >= 15 is 0 Å². The largest absolute Gasteiger partial charge is 0.480 e. The van der Waals surface area contributed by atoms with Crippen molar-refractivity contribution in [2.24, 2.45) is 0 Å². The molecule has 1 amide bonds. The summed E-state index contributed by atoms with van der Waals surface area (Å²) in [4.78, 5) is 32.4. The highest BCUT2D eigenvalue weighted by molar-refractivity contribution is 5.81. The van der Waals surface area contributed by atoms with Crippen molar-refractivity contribution in [1.29, 1.82) is 0 Å². The van der Waals surface area contributed by atoms with Crippen LogP contribution in [0.4, 0.5) is 0 Å². The second kappa shape index (κ2) is 8.52. The van der Waals surface area contributed by atoms with Gasteiger partial charge in [0.15, 0.2) is 0 Å². The van der Waals surface area contributed by atoms with E-state index in [1.807, 2.05) is 45.6 Å². The molecule has 1 aliphatic heterocycles. The number of hydrogen-bond donors (Lipinski definition) is 1. The van der Waals surface area contributed by atoms with E-state index in [0.717, 1.165) is 36.1 Å². The Bertz CT molecular complexity index is 809. The molecule has 2 heterocycles. The molecule has 2 aromatic rings. The highest BCUT2D eigenvalue weighted by atomic mass is 16.4. The Balaban J connectivity index is 1.64. The zero-order valence-electron chi connectivity index (χ0n) is 16.1. The third-order valence-electron chi connectivity index (χ3n) is 5.42. The number of aromatic nitrogens is 2. The van der Waals surface area contributed by atoms with E-state index < -0.39 is 5.97 Å². The van der Waals surface area contributed by atoms with Crippen LogP contribution < -0.4 is 0 Å². The number of rotatable bonds is 7. The number of aliphatic carboxylic acids is 1. The molecule has 7 nitrogen and oxygen atoms in total. The second-order valence-electron chi connectivity index (χ2n) is 7.03. The van der Waals surface area contributed by atoms with Crippen LogP contribution in [-0.4, -0.2) is 68.6 Å². The molecular formula is C20H28N4O3. The van der Waals surface area contributed by atoms with Gasteiger partial charge in [-0.05, 0) is 31.5 Å². The lowest BCUT2D eigenvalue weighted by molar-refractivity contribution is -0.140. The second-order valence-corrected chi connectivity index (χ2v) is 7.03. The van der Waals surface area contributed by atoms with Gasteiger partial charge in [-0.25, -0.2) is 4.98 Å². The number of nitrogens with zero attached hydrogens (tertiary/aromatic N) is 4. The van der Waals surface area contributed by atoms with E-state index in [0.29, 0.717) is 26.2 Å². The molecule has 146 valence electrons. The van der Waals surface area contributed by atoms with Crippen LogP contribution >= 0.6 is 0 Å². The van der Waals surface area contributed by atoms with Gasteiger partial charge in [0.1, 0.15) is 12.4 Å². The SMILES string of the molecule is CCc1nc2ccccc2n1CC(=O)N1CCC(N(CC)CC(=O)O)CC1. The Morgan fingerprint density at radius 2 is 1.93 bits per heavy atom. The summed E-state index contributed by atoms with van der Waals surface area (Å²) in [6.45, 7) is 6.47. The van der Waals surface area contributed by atoms with Crippen LogP contribution in [0, 0.1) is 0 Å². The number of carbonyl (C=O) groups is 2. The third-order valence-corrected chi connectivity index (χ3v) is 5.42. The van der Waals surface area contributed by atoms with Crippen molar-refractivity contribution in [1.82, 2.24) is 19.4 Å². The monoisotopic (exact) mass is 372 g/mol. The molecule has 0 atom stereocenters. The van der Waals surface area contributed by atoms with E-state index in [1.54, 1.807) is 0 Å². The van der Waals surface area contributed by atoms with Gasteiger partial charge in [0.05, 0.1) is 17.6 Å². The van der Waals surface area contributed by atoms with E-state index in [9.17, 15) is 9.59 Å². The van der Waals surface area contributed by atoms with E-state index in [2.05, 4.69) is 11.9 Å². The topological polar surface area (TPSA) is 78.7 Å². The molecule has 0 bridgehead atoms. The minimum Gasteiger partial charge on any atom is -0.480 e. The Kier molecular flexibility index (Phi) is 6.11. The number of amides is 1. The van der Waals surface area contributed by atoms with Crippen LogP contribution in [0.25, 0.3) is 11.0 Å². The number of imidazole rings is 1. The van der Waals surface area contributed by atoms with Crippen LogP contribution in [0.15, 0.2) is 24.3 Å². The molecule has 0 aliphatic carbocycles. The van der Waals surface area contributed by atoms with Gasteiger partial charge in [0.25, 0.3) is 0 Å². The van der Waals surface area contributed by atoms with Gasteiger partial charge < -0.3 is 14.6 Å². The first-order chi connectivity index (χ1) is 13.0. The first-order valence-corrected chi connectivity index (χ1v) is 9.71. The molecule has 0 spiro atoms. The average molecular weight is 372 g/mol. The van der Waals surface area contributed by atoms with Crippen molar-refractivity contribution < 1.29 is 14.7 Å². The fourth-order valence-corrected chi connectivity index (χ4v) is 3.96. The van der Waals surface area contributed by atoms with Crippen molar-refractivity contribution in [3.05, 3.63) is 30.1 Å². The first kappa shape index (κ1) is 19.4. The van der Waals surface area contributed by atoms with Gasteiger partial charge in [-0.1, -0.05) is 26.0 Å². The molecule has 7 heteroatoms. The molecule has 1 fully saturated rings. The summed E-state index contributed by atoms with van der Waals surface area (Å²) < 4.78 is 2.02. The van der Waals surface area contributed by atoms with Gasteiger partial charge >= 0.3 is 5.97 Å². The standard InChI is InChI=1S/C20H28N4O3/c1-3-18-21-16-7-5-6-8-17(16)24(18)13-19(25)23-11-9-15(10-12-23)22(4-2)14-20(26)27/h5-8,15H,3-4,9-14H2,1-2H3,(H,26,27). The summed E-state index contributed by atoms with van der Waals surface area (Å²) >= 11 is 0. The maximum absolute atomic E-state index is 12.9. The number of likely N-dealkylation sites (N-methyl/N-ethyl adjacent to an activating group) is 1. The average Bonchev–Trinajstić information content (AvgIpc) is 3.03. The van der Waals surface area contributed by atoms with Crippen LogP contribution in [0.1, 0.15) is 32.5 Å². The van der Waals surface area contributed by atoms with Crippen molar-refractivity contribution in [3.8, 4) is 0 Å². The summed E-state index contributed by atoms with van der Waals surface area (Å²) in [5, 5.41) is 9.05. The summed E-state index contributed by atoms with van der Waals surface area (Å²) in [5.74, 6) is 0.236. The molecule has 1 saturated heterocycles. The molecule has 27 heavy (non-hydrogen) atoms. The van der Waals surface area contributed by atoms with E-state index in [-0.39, 0.29) is 18.5 Å². The van der Waals surface area contributed by atoms with Gasteiger partial charge in [-0.3, -0.25) is 14.5 Å². The maximum atomic E-state index is 12.9. The van der Waals surface area contributed by atoms with Crippen LogP contribution in [0.3, 0.4) is 0 Å². The number of aryl methyl sites for hydroxylation is 1. The van der Waals surface area contributed by atoms with Gasteiger partial charge in [-0.15, -0.1) is 0 Å². The normalized spacial score (nSPS) is 15.6. The van der Waals surface area contributed by atoms with Crippen LogP contribution in [0.5, 0.6) is 0 Å². The number of piperidine rings is 1. The van der Waals surface area contributed by atoms with Crippen molar-refractivity contribution >= 4 is 22.9 Å². The Morgan fingerprint density at radius 1 is 1.22 bits per heavy atom. The molecule has 1 N–H and O–H groups in total. The maximum Gasteiger partial charge on any atom is 0.317 e. The number of likely N-dealkylation sites (tertiary alicyclic amines) is 1. The molecule has 1 aliphatic rings. The Hall–Kier alpha value is -2.41. The quantitative estimate of drug-likeness (QED) is 0.804. The summed E-state index contributed by atoms with van der Waals surface area (Å²) in [7, 11) is 0. The Labute approximate surface area is 159 Å². The molecule has 0 unspecified atom stereocenters. The van der Waals surface area contributed by atoms with Crippen LogP contribution in [-0.2, 0) is 22.6 Å². The number of carbonyl (C=O) groups excluding carboxylic acids is 1. The van der Waals surface area contributed by atoms with Crippen molar-refractivity contribution in [3.63, 3.8) is 0 Å². The smallest absolute Gasteiger partial charge is 0.317 e. The molecule has 0 saturated carbocycles. The van der Waals surface area contributed by atoms with Crippen molar-refractivity contribution in [2.45, 2.75) is 45.7 Å². The fraction of sp³-hybridized carbons (Fsp3) is 0.550. The molecule has 3 rings (SSSR count). The predicted octanol–water partition coefficient (Wildman–Crippen LogP) is 2.00. The molecule has 0 radical (unpaired) electrons. The number of hydrogen-bond acceptors (Lipinski definition) is 4. The number of carboxylic acids is 1. The fourth-order valence-electron chi connectivity index (χ4n) is 3.96. The van der Waals surface area contributed by atoms with Crippen molar-refractivity contribution in [2.75, 3.05) is 26.2 Å². The highest BCUT2D eigenvalue weighted by Gasteiger charge is 2.27. The third kappa shape index (κ3) is 4.30. The van der Waals surface area contributed by atoms with E-state index in [1.165, 1.54) is 0 Å². The summed E-state index contributed by atoms with van der Waals surface area (Å²) in [5.41, 5.74) is 1.92. The van der Waals surface area contributed by atoms with Gasteiger partial charge in [0.2, 0.25) is 5.91 Å². The van der Waals surface area contributed by atoms with Gasteiger partial charge in [0, 0.05) is 25.6 Å². The van der Waals surface area contributed by atoms with Crippen LogP contribution in [0.2, 0.25) is 0 Å². The number of para-hydroxylation sites is 2. The lowest BCUT2D eigenvalue weighted by Gasteiger charge is -2.37. The molecular weight excluding hydrogens is 344 g/mol. The van der Waals surface area contributed by atoms with E-state index in [4.69, 9.17) is 5.11 Å². The molecule has 1 aromatic carbocycles. The Morgan fingerprint density at radius 3 is 2.56 bits per heavy atom. The zero-order chi connectivity index (χ0) is 19.4. The minimum absolute atomic E-state index is 0.0655. The predicted molar refractivity (Wildman–Crippen MR) is 104 cm³/mol. The van der Waals surface area contributed by atoms with Gasteiger partial charge in [-0.2, -0.15) is 0 Å². The number of benzene rings is 1.